The lowest BCUT2D eigenvalue weighted by Gasteiger charge is -2.07. The van der Waals surface area contributed by atoms with Gasteiger partial charge in [-0.1, -0.05) is 13.3 Å². The molecule has 0 bridgehead atoms. The summed E-state index contributed by atoms with van der Waals surface area (Å²) in [5, 5.41) is 9.24. The number of hydrogen-bond donors (Lipinski definition) is 1. The van der Waals surface area contributed by atoms with Crippen molar-refractivity contribution in [3.63, 3.8) is 0 Å². The second-order valence-electron chi connectivity index (χ2n) is 6.50. The first-order chi connectivity index (χ1) is 12.3. The Hall–Kier alpha value is -2.41. The Morgan fingerprint density at radius 1 is 1.15 bits per heavy atom. The summed E-state index contributed by atoms with van der Waals surface area (Å²) in [6, 6.07) is 9.29. The van der Waals surface area contributed by atoms with Gasteiger partial charge in [0.15, 0.2) is 9.84 Å². The van der Waals surface area contributed by atoms with Crippen LogP contribution in [-0.4, -0.2) is 35.6 Å². The Labute approximate surface area is 152 Å². The molecule has 1 N–H and O–H groups in total. The van der Waals surface area contributed by atoms with Gasteiger partial charge in [-0.3, -0.25) is 9.59 Å². The Kier molecular flexibility index (Phi) is 5.00. The van der Waals surface area contributed by atoms with E-state index in [9.17, 15) is 23.1 Å². The average molecular weight is 375 g/mol. The number of carboxylic acids is 1. The van der Waals surface area contributed by atoms with Gasteiger partial charge in [0.25, 0.3) is 0 Å². The number of rotatable bonds is 7. The fourth-order valence-electron chi connectivity index (χ4n) is 3.31. The van der Waals surface area contributed by atoms with Crippen LogP contribution in [0, 0.1) is 0 Å². The number of hydrogen-bond acceptors (Lipinski definition) is 4. The van der Waals surface area contributed by atoms with Gasteiger partial charge in [-0.2, -0.15) is 0 Å². The summed E-state index contributed by atoms with van der Waals surface area (Å²) in [5.41, 5.74) is 1.46. The van der Waals surface area contributed by atoms with Crippen molar-refractivity contribution in [1.82, 2.24) is 4.57 Å². The van der Waals surface area contributed by atoms with Crippen molar-refractivity contribution < 1.29 is 23.1 Å². The maximum atomic E-state index is 12.8. The largest absolute Gasteiger partial charge is 0.481 e. The molecule has 138 valence electrons. The zero-order chi connectivity index (χ0) is 18.9. The molecular weight excluding hydrogens is 354 g/mol. The zero-order valence-electron chi connectivity index (χ0n) is 14.5. The topological polar surface area (TPSA) is 93.4 Å². The van der Waals surface area contributed by atoms with Crippen LogP contribution in [0.5, 0.6) is 0 Å². The highest BCUT2D eigenvalue weighted by molar-refractivity contribution is 7.91. The number of carbonyl (C=O) groups is 2. The normalized spacial score (nSPS) is 16.4. The molecule has 1 aliphatic heterocycles. The minimum atomic E-state index is -3.33. The lowest BCUT2D eigenvalue weighted by Crippen LogP contribution is -2.11. The van der Waals surface area contributed by atoms with Crippen molar-refractivity contribution in [3.05, 3.63) is 53.3 Å². The van der Waals surface area contributed by atoms with Crippen molar-refractivity contribution in [3.8, 4) is 0 Å². The van der Waals surface area contributed by atoms with Crippen LogP contribution in [0.15, 0.2) is 41.3 Å². The molecule has 0 radical (unpaired) electrons. The fraction of sp³-hybridized carbons (Fsp3) is 0.368. The zero-order valence-corrected chi connectivity index (χ0v) is 15.3. The SMILES string of the molecule is CCCCS(=O)(=O)c1ccc(C(=O)c2ccc3n2CCC3C(=O)O)cc1. The first-order valence-corrected chi connectivity index (χ1v) is 10.3. The van der Waals surface area contributed by atoms with E-state index in [1.807, 2.05) is 6.92 Å². The van der Waals surface area contributed by atoms with Crippen LogP contribution >= 0.6 is 0 Å². The molecule has 1 atom stereocenters. The summed E-state index contributed by atoms with van der Waals surface area (Å²) < 4.78 is 26.2. The van der Waals surface area contributed by atoms with Crippen molar-refractivity contribution in [2.24, 2.45) is 0 Å². The van der Waals surface area contributed by atoms with Gasteiger partial charge in [0.2, 0.25) is 5.78 Å². The van der Waals surface area contributed by atoms with Crippen molar-refractivity contribution in [2.45, 2.75) is 43.5 Å². The first-order valence-electron chi connectivity index (χ1n) is 8.65. The molecular formula is C19H21NO5S. The van der Waals surface area contributed by atoms with E-state index in [2.05, 4.69) is 0 Å². The number of ketones is 1. The van der Waals surface area contributed by atoms with E-state index in [0.717, 1.165) is 6.42 Å². The number of nitrogens with zero attached hydrogens (tertiary/aromatic N) is 1. The van der Waals surface area contributed by atoms with E-state index in [4.69, 9.17) is 0 Å². The van der Waals surface area contributed by atoms with E-state index >= 15 is 0 Å². The number of unbranched alkanes of at least 4 members (excludes halogenated alkanes) is 1. The van der Waals surface area contributed by atoms with Crippen LogP contribution < -0.4 is 0 Å². The molecule has 1 aromatic heterocycles. The molecule has 7 heteroatoms. The maximum Gasteiger partial charge on any atom is 0.312 e. The molecule has 1 unspecified atom stereocenters. The second kappa shape index (κ2) is 7.07. The van der Waals surface area contributed by atoms with Crippen LogP contribution in [0.4, 0.5) is 0 Å². The quantitative estimate of drug-likeness (QED) is 0.751. The predicted molar refractivity (Wildman–Crippen MR) is 96.3 cm³/mol. The van der Waals surface area contributed by atoms with Gasteiger partial charge in [0.05, 0.1) is 22.3 Å². The van der Waals surface area contributed by atoms with Gasteiger partial charge < -0.3 is 9.67 Å². The summed E-state index contributed by atoms with van der Waals surface area (Å²) in [7, 11) is -3.33. The summed E-state index contributed by atoms with van der Waals surface area (Å²) in [4.78, 5) is 24.2. The third-order valence-electron chi connectivity index (χ3n) is 4.79. The van der Waals surface area contributed by atoms with Crippen LogP contribution in [-0.2, 0) is 21.2 Å². The molecule has 0 amide bonds. The fourth-order valence-corrected chi connectivity index (χ4v) is 4.76. The highest BCUT2D eigenvalue weighted by Gasteiger charge is 2.31. The van der Waals surface area contributed by atoms with Crippen LogP contribution in [0.25, 0.3) is 0 Å². The van der Waals surface area contributed by atoms with E-state index in [1.54, 1.807) is 16.7 Å². The molecule has 26 heavy (non-hydrogen) atoms. The van der Waals surface area contributed by atoms with Gasteiger partial charge in [-0.05, 0) is 49.2 Å². The van der Waals surface area contributed by atoms with Gasteiger partial charge >= 0.3 is 5.97 Å². The molecule has 6 nitrogen and oxygen atoms in total. The summed E-state index contributed by atoms with van der Waals surface area (Å²) >= 11 is 0. The Balaban J connectivity index is 1.84. The molecule has 0 spiro atoms. The molecule has 1 aromatic carbocycles. The number of aromatic nitrogens is 1. The van der Waals surface area contributed by atoms with Gasteiger partial charge in [0.1, 0.15) is 0 Å². The van der Waals surface area contributed by atoms with Crippen molar-refractivity contribution in [1.29, 1.82) is 0 Å². The number of carboxylic acid groups (broad SMARTS) is 1. The van der Waals surface area contributed by atoms with E-state index < -0.39 is 21.7 Å². The lowest BCUT2D eigenvalue weighted by molar-refractivity contribution is -0.138. The Bertz CT molecular complexity index is 941. The van der Waals surface area contributed by atoms with Crippen molar-refractivity contribution in [2.75, 3.05) is 5.75 Å². The van der Waals surface area contributed by atoms with Gasteiger partial charge in [-0.15, -0.1) is 0 Å². The molecule has 2 aromatic rings. The Morgan fingerprint density at radius 3 is 2.46 bits per heavy atom. The van der Waals surface area contributed by atoms with Crippen molar-refractivity contribution >= 4 is 21.6 Å². The molecule has 3 rings (SSSR count). The summed E-state index contributed by atoms with van der Waals surface area (Å²) in [5.74, 6) is -1.61. The summed E-state index contributed by atoms with van der Waals surface area (Å²) in [6.07, 6.45) is 1.87. The second-order valence-corrected chi connectivity index (χ2v) is 8.61. The Morgan fingerprint density at radius 2 is 1.85 bits per heavy atom. The maximum absolute atomic E-state index is 12.8. The smallest absolute Gasteiger partial charge is 0.312 e. The molecule has 0 fully saturated rings. The van der Waals surface area contributed by atoms with Crippen LogP contribution in [0.3, 0.4) is 0 Å². The standard InChI is InChI=1S/C19H21NO5S/c1-2-3-12-26(24,25)14-6-4-13(5-7-14)18(21)17-9-8-16-15(19(22)23)10-11-20(16)17/h4-9,15H,2-3,10-12H2,1H3,(H,22,23). The number of fused-ring (bicyclic) bond motifs is 1. The highest BCUT2D eigenvalue weighted by atomic mass is 32.2. The number of aliphatic carboxylic acids is 1. The molecule has 1 aliphatic rings. The first kappa shape index (κ1) is 18.4. The molecule has 0 saturated heterocycles. The van der Waals surface area contributed by atoms with Gasteiger partial charge in [0, 0.05) is 17.8 Å². The highest BCUT2D eigenvalue weighted by Crippen LogP contribution is 2.31. The minimum Gasteiger partial charge on any atom is -0.481 e. The molecule has 2 heterocycles. The van der Waals surface area contributed by atoms with Crippen LogP contribution in [0.2, 0.25) is 0 Å². The third kappa shape index (κ3) is 3.31. The predicted octanol–water partition coefficient (Wildman–Crippen LogP) is 2.86. The van der Waals surface area contributed by atoms with E-state index in [-0.39, 0.29) is 16.4 Å². The van der Waals surface area contributed by atoms with E-state index in [1.165, 1.54) is 24.3 Å². The lowest BCUT2D eigenvalue weighted by atomic mass is 10.1. The number of benzene rings is 1. The number of carbonyl (C=O) groups excluding carboxylic acids is 1. The summed E-state index contributed by atoms with van der Waals surface area (Å²) in [6.45, 7) is 2.42. The van der Waals surface area contributed by atoms with Crippen LogP contribution in [0.1, 0.15) is 53.8 Å². The molecule has 0 saturated carbocycles. The minimum absolute atomic E-state index is 0.0968. The number of sulfone groups is 1. The van der Waals surface area contributed by atoms with Gasteiger partial charge in [-0.25, -0.2) is 8.42 Å². The third-order valence-corrected chi connectivity index (χ3v) is 6.60. The van der Waals surface area contributed by atoms with E-state index in [0.29, 0.717) is 36.3 Å². The average Bonchev–Trinajstić information content (AvgIpc) is 3.21. The monoisotopic (exact) mass is 375 g/mol. The molecule has 0 aliphatic carbocycles.